The Kier molecular flexibility index (Phi) is 3.93. The maximum atomic E-state index is 5.96. The lowest BCUT2D eigenvalue weighted by atomic mass is 10.1. The number of hydrogen-bond acceptors (Lipinski definition) is 7. The number of piperidine rings is 1. The summed E-state index contributed by atoms with van der Waals surface area (Å²) in [6.07, 6.45) is 2.22. The highest BCUT2D eigenvalue weighted by Gasteiger charge is 2.18. The van der Waals surface area contributed by atoms with Crippen LogP contribution in [0.2, 0.25) is 0 Å². The van der Waals surface area contributed by atoms with Gasteiger partial charge in [-0.05, 0) is 19.4 Å². The summed E-state index contributed by atoms with van der Waals surface area (Å²) >= 11 is 0. The summed E-state index contributed by atoms with van der Waals surface area (Å²) in [7, 11) is 3.77. The molecule has 0 aliphatic carbocycles. The molecule has 1 unspecified atom stereocenters. The van der Waals surface area contributed by atoms with E-state index in [1.165, 1.54) is 0 Å². The Balaban J connectivity index is 2.08. The van der Waals surface area contributed by atoms with E-state index in [9.17, 15) is 0 Å². The fourth-order valence-electron chi connectivity index (χ4n) is 2.13. The van der Waals surface area contributed by atoms with E-state index in [4.69, 9.17) is 11.5 Å². The van der Waals surface area contributed by atoms with E-state index in [1.54, 1.807) is 0 Å². The van der Waals surface area contributed by atoms with Crippen LogP contribution in [0.15, 0.2) is 0 Å². The second-order valence-corrected chi connectivity index (χ2v) is 4.94. The molecule has 100 valence electrons. The van der Waals surface area contributed by atoms with E-state index in [-0.39, 0.29) is 12.0 Å². The van der Waals surface area contributed by atoms with Crippen LogP contribution in [-0.4, -0.2) is 53.1 Å². The van der Waals surface area contributed by atoms with E-state index < -0.39 is 0 Å². The van der Waals surface area contributed by atoms with Crippen molar-refractivity contribution in [2.45, 2.75) is 25.4 Å². The first-order chi connectivity index (χ1) is 8.54. The highest BCUT2D eigenvalue weighted by atomic mass is 15.3. The predicted molar refractivity (Wildman–Crippen MR) is 71.1 cm³/mol. The molecule has 1 aliphatic heterocycles. The minimum absolute atomic E-state index is 0.256. The number of nitrogens with zero attached hydrogens (tertiary/aromatic N) is 5. The number of nitrogens with two attached hydrogens (primary N) is 2. The summed E-state index contributed by atoms with van der Waals surface area (Å²) in [4.78, 5) is 16.7. The quantitative estimate of drug-likeness (QED) is 0.743. The van der Waals surface area contributed by atoms with Crippen molar-refractivity contribution >= 4 is 11.9 Å². The van der Waals surface area contributed by atoms with E-state index in [2.05, 4.69) is 19.9 Å². The Bertz CT molecular complexity index is 406. The molecule has 1 aromatic heterocycles. The molecule has 0 radical (unpaired) electrons. The molecule has 0 amide bonds. The van der Waals surface area contributed by atoms with E-state index in [0.717, 1.165) is 25.9 Å². The molecule has 1 fully saturated rings. The maximum absolute atomic E-state index is 5.96. The van der Waals surface area contributed by atoms with Crippen molar-refractivity contribution in [3.8, 4) is 0 Å². The van der Waals surface area contributed by atoms with Gasteiger partial charge in [-0.2, -0.15) is 15.0 Å². The Labute approximate surface area is 107 Å². The number of rotatable bonds is 3. The molecule has 1 atom stereocenters. The number of nitrogen functional groups attached to an aromatic ring is 1. The summed E-state index contributed by atoms with van der Waals surface area (Å²) in [5.74, 6) is 1.57. The number of likely N-dealkylation sites (tertiary alicyclic amines) is 1. The van der Waals surface area contributed by atoms with Gasteiger partial charge in [0.25, 0.3) is 0 Å². The van der Waals surface area contributed by atoms with Crippen molar-refractivity contribution in [2.75, 3.05) is 37.8 Å². The molecule has 1 aliphatic rings. The van der Waals surface area contributed by atoms with Crippen LogP contribution in [0, 0.1) is 0 Å². The van der Waals surface area contributed by atoms with Crippen LogP contribution < -0.4 is 16.4 Å². The van der Waals surface area contributed by atoms with Gasteiger partial charge in [0, 0.05) is 26.7 Å². The summed E-state index contributed by atoms with van der Waals surface area (Å²) in [6, 6.07) is 0.256. The normalized spacial score (nSPS) is 20.9. The lowest BCUT2D eigenvalue weighted by molar-refractivity contribution is 0.197. The Morgan fingerprint density at radius 1 is 1.33 bits per heavy atom. The van der Waals surface area contributed by atoms with E-state index in [1.807, 2.05) is 19.0 Å². The minimum atomic E-state index is 0.256. The Morgan fingerprint density at radius 3 is 2.78 bits per heavy atom. The summed E-state index contributed by atoms with van der Waals surface area (Å²) in [5.41, 5.74) is 11.7. The predicted octanol–water partition coefficient (Wildman–Crippen LogP) is -0.557. The van der Waals surface area contributed by atoms with Gasteiger partial charge in [0.2, 0.25) is 11.9 Å². The van der Waals surface area contributed by atoms with Crippen LogP contribution in [0.25, 0.3) is 0 Å². The second kappa shape index (κ2) is 5.45. The Hall–Kier alpha value is -1.47. The van der Waals surface area contributed by atoms with Crippen LogP contribution in [0.5, 0.6) is 0 Å². The smallest absolute Gasteiger partial charge is 0.229 e. The topological polar surface area (TPSA) is 97.2 Å². The molecule has 2 rings (SSSR count). The molecule has 4 N–H and O–H groups in total. The van der Waals surface area contributed by atoms with Gasteiger partial charge in [0.1, 0.15) is 5.82 Å². The van der Waals surface area contributed by atoms with Gasteiger partial charge in [0.15, 0.2) is 0 Å². The average Bonchev–Trinajstić information content (AvgIpc) is 2.28. The fraction of sp³-hybridized carbons (Fsp3) is 0.727. The molecule has 0 saturated carbocycles. The fourth-order valence-corrected chi connectivity index (χ4v) is 2.13. The van der Waals surface area contributed by atoms with Gasteiger partial charge in [-0.1, -0.05) is 0 Å². The van der Waals surface area contributed by atoms with Gasteiger partial charge in [-0.25, -0.2) is 0 Å². The minimum Gasteiger partial charge on any atom is -0.368 e. The zero-order valence-electron chi connectivity index (χ0n) is 11.0. The molecular formula is C11H21N7. The van der Waals surface area contributed by atoms with Crippen molar-refractivity contribution in [2.24, 2.45) is 5.73 Å². The first-order valence-corrected chi connectivity index (χ1v) is 6.20. The van der Waals surface area contributed by atoms with Gasteiger partial charge >= 0.3 is 0 Å². The van der Waals surface area contributed by atoms with Crippen LogP contribution in [0.4, 0.5) is 11.9 Å². The number of hydrogen-bond donors (Lipinski definition) is 2. The second-order valence-electron chi connectivity index (χ2n) is 4.94. The highest BCUT2D eigenvalue weighted by molar-refractivity contribution is 5.32. The Morgan fingerprint density at radius 2 is 2.11 bits per heavy atom. The summed E-state index contributed by atoms with van der Waals surface area (Å²) < 4.78 is 0. The number of anilines is 2. The van der Waals surface area contributed by atoms with Crippen LogP contribution in [0.3, 0.4) is 0 Å². The molecule has 1 saturated heterocycles. The molecule has 7 nitrogen and oxygen atoms in total. The van der Waals surface area contributed by atoms with Crippen molar-refractivity contribution < 1.29 is 0 Å². The van der Waals surface area contributed by atoms with Crippen molar-refractivity contribution in [3.05, 3.63) is 5.82 Å². The zero-order chi connectivity index (χ0) is 13.1. The molecule has 0 aromatic carbocycles. The van der Waals surface area contributed by atoms with Crippen LogP contribution in [-0.2, 0) is 6.54 Å². The van der Waals surface area contributed by atoms with E-state index >= 15 is 0 Å². The van der Waals surface area contributed by atoms with Crippen LogP contribution in [0.1, 0.15) is 18.7 Å². The zero-order valence-corrected chi connectivity index (χ0v) is 11.0. The molecule has 7 heteroatoms. The van der Waals surface area contributed by atoms with E-state index in [0.29, 0.717) is 18.3 Å². The van der Waals surface area contributed by atoms with Crippen molar-refractivity contribution in [3.63, 3.8) is 0 Å². The van der Waals surface area contributed by atoms with Crippen LogP contribution >= 0.6 is 0 Å². The lowest BCUT2D eigenvalue weighted by Crippen LogP contribution is -2.42. The standard InChI is InChI=1S/C11H21N7/c1-17(2)11-15-9(14-10(13)16-11)7-18-5-3-4-8(12)6-18/h8H,3-7,12H2,1-2H3,(H2,13,14,15,16). The largest absolute Gasteiger partial charge is 0.368 e. The molecule has 0 spiro atoms. The van der Waals surface area contributed by atoms with Crippen molar-refractivity contribution in [1.29, 1.82) is 0 Å². The summed E-state index contributed by atoms with van der Waals surface area (Å²) in [5, 5.41) is 0. The third kappa shape index (κ3) is 3.27. The average molecular weight is 251 g/mol. The third-order valence-corrected chi connectivity index (χ3v) is 2.99. The lowest BCUT2D eigenvalue weighted by Gasteiger charge is -2.30. The SMILES string of the molecule is CN(C)c1nc(N)nc(CN2CCCC(N)C2)n1. The number of aromatic nitrogens is 3. The van der Waals surface area contributed by atoms with Gasteiger partial charge in [-0.15, -0.1) is 0 Å². The molecule has 0 bridgehead atoms. The van der Waals surface area contributed by atoms with Crippen molar-refractivity contribution in [1.82, 2.24) is 19.9 Å². The highest BCUT2D eigenvalue weighted by Crippen LogP contribution is 2.12. The molecule has 2 heterocycles. The van der Waals surface area contributed by atoms with Gasteiger partial charge < -0.3 is 16.4 Å². The first-order valence-electron chi connectivity index (χ1n) is 6.20. The molecule has 18 heavy (non-hydrogen) atoms. The molecular weight excluding hydrogens is 230 g/mol. The summed E-state index contributed by atoms with van der Waals surface area (Å²) in [6.45, 7) is 2.61. The van der Waals surface area contributed by atoms with Gasteiger partial charge in [-0.3, -0.25) is 4.90 Å². The van der Waals surface area contributed by atoms with Gasteiger partial charge in [0.05, 0.1) is 6.54 Å². The maximum Gasteiger partial charge on any atom is 0.229 e. The monoisotopic (exact) mass is 251 g/mol. The molecule has 1 aromatic rings. The first kappa shape index (κ1) is 13.0. The third-order valence-electron chi connectivity index (χ3n) is 2.99.